The molecule has 0 aromatic carbocycles. The van der Waals surface area contributed by atoms with Crippen LogP contribution in [0.1, 0.15) is 37.8 Å². The van der Waals surface area contributed by atoms with E-state index in [9.17, 15) is 9.59 Å². The highest BCUT2D eigenvalue weighted by atomic mass is 35.5. The summed E-state index contributed by atoms with van der Waals surface area (Å²) in [7, 11) is 1.35. The molecule has 1 N–H and O–H groups in total. The molecule has 0 unspecified atom stereocenters. The lowest BCUT2D eigenvalue weighted by atomic mass is 9.81. The van der Waals surface area contributed by atoms with E-state index < -0.39 is 5.54 Å². The molecular formula is C16H18ClN3O3S. The van der Waals surface area contributed by atoms with Crippen LogP contribution in [0.2, 0.25) is 5.15 Å². The number of rotatable bonds is 4. The van der Waals surface area contributed by atoms with E-state index in [4.69, 9.17) is 16.3 Å². The Labute approximate surface area is 148 Å². The van der Waals surface area contributed by atoms with Crippen molar-refractivity contribution in [2.45, 2.75) is 37.6 Å². The summed E-state index contributed by atoms with van der Waals surface area (Å²) in [5.41, 5.74) is -0.285. The lowest BCUT2D eigenvalue weighted by molar-refractivity contribution is -0.152. The van der Waals surface area contributed by atoms with Gasteiger partial charge in [-0.25, -0.2) is 9.78 Å². The second-order valence-corrected chi connectivity index (χ2v) is 7.03. The Morgan fingerprint density at radius 2 is 2.17 bits per heavy atom. The van der Waals surface area contributed by atoms with Crippen molar-refractivity contribution in [2.24, 2.45) is 0 Å². The second kappa shape index (κ2) is 6.94. The summed E-state index contributed by atoms with van der Waals surface area (Å²) in [5, 5.41) is 5.07. The fraction of sp³-hybridized carbons (Fsp3) is 0.438. The van der Waals surface area contributed by atoms with Gasteiger partial charge in [-0.1, -0.05) is 30.9 Å². The van der Waals surface area contributed by atoms with Crippen molar-refractivity contribution >= 4 is 45.9 Å². The van der Waals surface area contributed by atoms with Crippen LogP contribution in [-0.4, -0.2) is 33.9 Å². The van der Waals surface area contributed by atoms with E-state index in [-0.39, 0.29) is 11.9 Å². The van der Waals surface area contributed by atoms with Gasteiger partial charge >= 0.3 is 5.97 Å². The van der Waals surface area contributed by atoms with Crippen LogP contribution in [0.3, 0.4) is 0 Å². The third kappa shape index (κ3) is 3.18. The van der Waals surface area contributed by atoms with Gasteiger partial charge in [-0.2, -0.15) is 0 Å². The van der Waals surface area contributed by atoms with Gasteiger partial charge in [0.25, 0.3) is 0 Å². The van der Waals surface area contributed by atoms with Crippen molar-refractivity contribution in [3.05, 3.63) is 28.5 Å². The first-order valence-corrected chi connectivity index (χ1v) is 9.01. The zero-order chi connectivity index (χ0) is 17.2. The van der Waals surface area contributed by atoms with Gasteiger partial charge in [-0.3, -0.25) is 9.20 Å². The number of imidazole rings is 1. The molecule has 0 saturated heterocycles. The van der Waals surface area contributed by atoms with Crippen LogP contribution < -0.4 is 5.32 Å². The van der Waals surface area contributed by atoms with Crippen molar-refractivity contribution in [3.63, 3.8) is 0 Å². The Morgan fingerprint density at radius 3 is 2.88 bits per heavy atom. The zero-order valence-electron chi connectivity index (χ0n) is 13.3. The largest absolute Gasteiger partial charge is 0.467 e. The SMILES string of the molecule is COC(=O)C1(NC(=O)/C=C/c2c(Cl)nc3sccn23)CCCCC1. The van der Waals surface area contributed by atoms with Crippen molar-refractivity contribution in [1.82, 2.24) is 14.7 Å². The number of halogens is 1. The summed E-state index contributed by atoms with van der Waals surface area (Å²) in [6, 6.07) is 0. The molecule has 128 valence electrons. The van der Waals surface area contributed by atoms with E-state index in [0.29, 0.717) is 23.7 Å². The quantitative estimate of drug-likeness (QED) is 0.665. The molecule has 2 aromatic heterocycles. The summed E-state index contributed by atoms with van der Waals surface area (Å²) in [5.74, 6) is -0.727. The van der Waals surface area contributed by atoms with Gasteiger partial charge < -0.3 is 10.1 Å². The van der Waals surface area contributed by atoms with E-state index in [1.165, 1.54) is 24.5 Å². The molecule has 0 aliphatic heterocycles. The maximum absolute atomic E-state index is 12.3. The molecule has 0 atom stereocenters. The topological polar surface area (TPSA) is 72.7 Å². The van der Waals surface area contributed by atoms with Gasteiger partial charge in [-0.05, 0) is 18.9 Å². The zero-order valence-corrected chi connectivity index (χ0v) is 14.8. The molecule has 0 spiro atoms. The number of carbonyl (C=O) groups is 2. The maximum atomic E-state index is 12.3. The minimum absolute atomic E-state index is 0.339. The number of fused-ring (bicyclic) bond motifs is 1. The third-order valence-electron chi connectivity index (χ3n) is 4.29. The average molecular weight is 368 g/mol. The number of methoxy groups -OCH3 is 1. The highest BCUT2D eigenvalue weighted by molar-refractivity contribution is 7.15. The molecular weight excluding hydrogens is 350 g/mol. The van der Waals surface area contributed by atoms with Gasteiger partial charge in [0.2, 0.25) is 5.91 Å². The smallest absolute Gasteiger partial charge is 0.331 e. The van der Waals surface area contributed by atoms with Crippen molar-refractivity contribution in [3.8, 4) is 0 Å². The van der Waals surface area contributed by atoms with E-state index in [0.717, 1.165) is 24.2 Å². The average Bonchev–Trinajstić information content (AvgIpc) is 3.13. The number of hydrogen-bond acceptors (Lipinski definition) is 5. The number of thiazole rings is 1. The van der Waals surface area contributed by atoms with Crippen molar-refractivity contribution in [2.75, 3.05) is 7.11 Å². The summed E-state index contributed by atoms with van der Waals surface area (Å²) in [6.45, 7) is 0. The number of esters is 1. The first kappa shape index (κ1) is 17.0. The summed E-state index contributed by atoms with van der Waals surface area (Å²) in [4.78, 5) is 29.5. The number of amides is 1. The van der Waals surface area contributed by atoms with Gasteiger partial charge in [0, 0.05) is 17.7 Å². The van der Waals surface area contributed by atoms with Crippen LogP contribution in [0.5, 0.6) is 0 Å². The molecule has 1 aliphatic carbocycles. The number of hydrogen-bond donors (Lipinski definition) is 1. The van der Waals surface area contributed by atoms with Gasteiger partial charge in [0.05, 0.1) is 12.8 Å². The monoisotopic (exact) mass is 367 g/mol. The molecule has 1 amide bonds. The highest BCUT2D eigenvalue weighted by Crippen LogP contribution is 2.29. The molecule has 1 fully saturated rings. The van der Waals surface area contributed by atoms with E-state index in [1.807, 2.05) is 16.0 Å². The standard InChI is InChI=1S/C16H18ClN3O3S/c1-23-14(22)16(7-3-2-4-8-16)19-12(21)6-5-11-13(17)18-15-20(11)9-10-24-15/h5-6,9-10H,2-4,7-8H2,1H3,(H,19,21)/b6-5+. The van der Waals surface area contributed by atoms with Crippen molar-refractivity contribution < 1.29 is 14.3 Å². The van der Waals surface area contributed by atoms with E-state index in [2.05, 4.69) is 10.3 Å². The molecule has 0 radical (unpaired) electrons. The fourth-order valence-corrected chi connectivity index (χ4v) is 4.09. The van der Waals surface area contributed by atoms with Crippen molar-refractivity contribution in [1.29, 1.82) is 0 Å². The lowest BCUT2D eigenvalue weighted by Gasteiger charge is -2.34. The summed E-state index contributed by atoms with van der Waals surface area (Å²) < 4.78 is 6.71. The molecule has 24 heavy (non-hydrogen) atoms. The van der Waals surface area contributed by atoms with Crippen LogP contribution in [-0.2, 0) is 14.3 Å². The Hall–Kier alpha value is -1.86. The second-order valence-electron chi connectivity index (χ2n) is 5.80. The molecule has 2 aromatic rings. The molecule has 1 saturated carbocycles. The predicted octanol–water partition coefficient (Wildman–Crippen LogP) is 3.05. The molecule has 1 aliphatic rings. The highest BCUT2D eigenvalue weighted by Gasteiger charge is 2.41. The number of aromatic nitrogens is 2. The van der Waals surface area contributed by atoms with E-state index >= 15 is 0 Å². The fourth-order valence-electron chi connectivity index (χ4n) is 3.09. The minimum atomic E-state index is -0.923. The predicted molar refractivity (Wildman–Crippen MR) is 93.1 cm³/mol. The van der Waals surface area contributed by atoms with E-state index in [1.54, 1.807) is 6.08 Å². The molecule has 0 bridgehead atoms. The Balaban J connectivity index is 1.77. The van der Waals surface area contributed by atoms with Gasteiger partial charge in [-0.15, -0.1) is 11.3 Å². The van der Waals surface area contributed by atoms with Crippen LogP contribution in [0, 0.1) is 0 Å². The number of ether oxygens (including phenoxy) is 1. The number of nitrogens with zero attached hydrogens (tertiary/aromatic N) is 2. The first-order chi connectivity index (χ1) is 11.6. The molecule has 8 heteroatoms. The Morgan fingerprint density at radius 1 is 1.42 bits per heavy atom. The third-order valence-corrected chi connectivity index (χ3v) is 5.33. The van der Waals surface area contributed by atoms with Gasteiger partial charge in [0.15, 0.2) is 10.1 Å². The minimum Gasteiger partial charge on any atom is -0.467 e. The molecule has 3 rings (SSSR count). The molecule has 6 nitrogen and oxygen atoms in total. The number of nitrogens with one attached hydrogen (secondary N) is 1. The van der Waals surface area contributed by atoms with Crippen LogP contribution in [0.15, 0.2) is 17.7 Å². The normalized spacial score (nSPS) is 17.2. The molecule has 2 heterocycles. The Kier molecular flexibility index (Phi) is 4.91. The summed E-state index contributed by atoms with van der Waals surface area (Å²) >= 11 is 7.57. The number of carbonyl (C=O) groups excluding carboxylic acids is 2. The maximum Gasteiger partial charge on any atom is 0.331 e. The van der Waals surface area contributed by atoms with Crippen LogP contribution in [0.25, 0.3) is 11.0 Å². The van der Waals surface area contributed by atoms with Crippen LogP contribution in [0.4, 0.5) is 0 Å². The van der Waals surface area contributed by atoms with Crippen LogP contribution >= 0.6 is 22.9 Å². The first-order valence-electron chi connectivity index (χ1n) is 7.75. The summed E-state index contributed by atoms with van der Waals surface area (Å²) in [6.07, 6.45) is 8.87. The Bertz CT molecular complexity index is 790. The van der Waals surface area contributed by atoms with Gasteiger partial charge in [0.1, 0.15) is 5.54 Å². The lowest BCUT2D eigenvalue weighted by Crippen LogP contribution is -2.55.